The molecule has 1 aromatic rings. The van der Waals surface area contributed by atoms with Crippen molar-refractivity contribution in [3.63, 3.8) is 0 Å². The quantitative estimate of drug-likeness (QED) is 0.734. The average Bonchev–Trinajstić information content (AvgIpc) is 2.36. The van der Waals surface area contributed by atoms with Gasteiger partial charge in [0.2, 0.25) is 5.95 Å². The van der Waals surface area contributed by atoms with Crippen LogP contribution in [0.1, 0.15) is 13.8 Å². The summed E-state index contributed by atoms with van der Waals surface area (Å²) >= 11 is 0. The van der Waals surface area contributed by atoms with Crippen LogP contribution in [-0.4, -0.2) is 16.2 Å². The highest BCUT2D eigenvalue weighted by molar-refractivity contribution is 5.15. The van der Waals surface area contributed by atoms with E-state index in [2.05, 4.69) is 18.8 Å². The largest absolute Gasteiger partial charge is 0.369 e. The number of nitrogen functional groups attached to an aromatic ring is 1. The maximum absolute atomic E-state index is 5.53. The van der Waals surface area contributed by atoms with Crippen molar-refractivity contribution in [2.24, 2.45) is 5.92 Å². The van der Waals surface area contributed by atoms with E-state index in [1.165, 1.54) is 0 Å². The predicted molar refractivity (Wildman–Crippen MR) is 47.4 cm³/mol. The van der Waals surface area contributed by atoms with Crippen molar-refractivity contribution in [2.75, 3.05) is 12.3 Å². The average molecular weight is 169 g/mol. The second kappa shape index (κ2) is 4.11. The molecule has 12 heavy (non-hydrogen) atoms. The fourth-order valence-corrected chi connectivity index (χ4v) is 0.837. The van der Waals surface area contributed by atoms with Crippen molar-refractivity contribution in [3.8, 4) is 0 Å². The highest BCUT2D eigenvalue weighted by Crippen LogP contribution is 2.00. The maximum atomic E-state index is 5.53. The van der Waals surface area contributed by atoms with E-state index in [-0.39, 0.29) is 0 Å². The van der Waals surface area contributed by atoms with Crippen molar-refractivity contribution in [1.29, 1.82) is 0 Å². The summed E-state index contributed by atoms with van der Waals surface area (Å²) < 4.78 is 7.13. The Labute approximate surface area is 72.3 Å². The van der Waals surface area contributed by atoms with Crippen LogP contribution >= 0.6 is 0 Å². The molecule has 2 N–H and O–H groups in total. The standard InChI is InChI=1S/C8H15N3O/c1-7(2)5-12-6-11-4-3-10-8(11)9/h3-4,7H,5-6H2,1-2H3,(H2,9,10). The third-order valence-electron chi connectivity index (χ3n) is 1.43. The molecular formula is C8H15N3O. The molecule has 4 heteroatoms. The zero-order valence-corrected chi connectivity index (χ0v) is 7.53. The van der Waals surface area contributed by atoms with Gasteiger partial charge in [-0.15, -0.1) is 0 Å². The number of imidazole rings is 1. The molecule has 0 aliphatic carbocycles. The smallest absolute Gasteiger partial charge is 0.202 e. The molecule has 0 atom stereocenters. The molecule has 0 saturated heterocycles. The summed E-state index contributed by atoms with van der Waals surface area (Å²) in [6, 6.07) is 0. The van der Waals surface area contributed by atoms with Gasteiger partial charge in [0.05, 0.1) is 6.61 Å². The third-order valence-corrected chi connectivity index (χ3v) is 1.43. The van der Waals surface area contributed by atoms with Crippen LogP contribution in [0.15, 0.2) is 12.4 Å². The van der Waals surface area contributed by atoms with Crippen molar-refractivity contribution >= 4 is 5.95 Å². The molecule has 0 bridgehead atoms. The summed E-state index contributed by atoms with van der Waals surface area (Å²) in [4.78, 5) is 3.88. The zero-order valence-electron chi connectivity index (χ0n) is 7.53. The number of nitrogens with zero attached hydrogens (tertiary/aromatic N) is 2. The van der Waals surface area contributed by atoms with Crippen LogP contribution < -0.4 is 5.73 Å². The van der Waals surface area contributed by atoms with E-state index >= 15 is 0 Å². The summed E-state index contributed by atoms with van der Waals surface area (Å²) in [5.41, 5.74) is 5.53. The molecule has 0 aliphatic heterocycles. The maximum Gasteiger partial charge on any atom is 0.202 e. The van der Waals surface area contributed by atoms with Gasteiger partial charge in [-0.05, 0) is 5.92 Å². The van der Waals surface area contributed by atoms with E-state index in [0.717, 1.165) is 6.61 Å². The molecule has 1 aromatic heterocycles. The van der Waals surface area contributed by atoms with Crippen LogP contribution in [0, 0.1) is 5.92 Å². The monoisotopic (exact) mass is 169 g/mol. The Balaban J connectivity index is 2.29. The first-order chi connectivity index (χ1) is 5.70. The number of nitrogens with two attached hydrogens (primary N) is 1. The van der Waals surface area contributed by atoms with Gasteiger partial charge in [-0.25, -0.2) is 4.98 Å². The van der Waals surface area contributed by atoms with Crippen LogP contribution in [0.5, 0.6) is 0 Å². The van der Waals surface area contributed by atoms with Gasteiger partial charge in [0, 0.05) is 12.4 Å². The number of aromatic nitrogens is 2. The van der Waals surface area contributed by atoms with Crippen molar-refractivity contribution in [3.05, 3.63) is 12.4 Å². The molecule has 0 fully saturated rings. The van der Waals surface area contributed by atoms with Crippen molar-refractivity contribution < 1.29 is 4.74 Å². The highest BCUT2D eigenvalue weighted by atomic mass is 16.5. The number of hydrogen-bond donors (Lipinski definition) is 1. The number of hydrogen-bond acceptors (Lipinski definition) is 3. The van der Waals surface area contributed by atoms with E-state index in [4.69, 9.17) is 10.5 Å². The van der Waals surface area contributed by atoms with E-state index < -0.39 is 0 Å². The van der Waals surface area contributed by atoms with Gasteiger partial charge in [-0.3, -0.25) is 4.57 Å². The van der Waals surface area contributed by atoms with Gasteiger partial charge >= 0.3 is 0 Å². The van der Waals surface area contributed by atoms with Gasteiger partial charge in [-0.1, -0.05) is 13.8 Å². The molecular weight excluding hydrogens is 154 g/mol. The van der Waals surface area contributed by atoms with Gasteiger partial charge in [0.1, 0.15) is 6.73 Å². The lowest BCUT2D eigenvalue weighted by molar-refractivity contribution is 0.0590. The minimum atomic E-state index is 0.490. The Hall–Kier alpha value is -1.03. The minimum Gasteiger partial charge on any atom is -0.369 e. The Kier molecular flexibility index (Phi) is 3.10. The molecule has 68 valence electrons. The minimum absolute atomic E-state index is 0.490. The van der Waals surface area contributed by atoms with E-state index in [1.54, 1.807) is 17.0 Å². The molecule has 0 aliphatic rings. The lowest BCUT2D eigenvalue weighted by Crippen LogP contribution is -2.08. The number of ether oxygens (including phenoxy) is 1. The van der Waals surface area contributed by atoms with Gasteiger partial charge < -0.3 is 10.5 Å². The summed E-state index contributed by atoms with van der Waals surface area (Å²) in [6.07, 6.45) is 3.46. The Morgan fingerprint density at radius 2 is 2.42 bits per heavy atom. The molecule has 0 amide bonds. The molecule has 1 rings (SSSR count). The lowest BCUT2D eigenvalue weighted by atomic mass is 10.2. The van der Waals surface area contributed by atoms with E-state index in [1.807, 2.05) is 0 Å². The van der Waals surface area contributed by atoms with E-state index in [0.29, 0.717) is 18.6 Å². The topological polar surface area (TPSA) is 53.1 Å². The fraction of sp³-hybridized carbons (Fsp3) is 0.625. The first kappa shape index (κ1) is 9.06. The molecule has 0 radical (unpaired) electrons. The predicted octanol–water partition coefficient (Wildman–Crippen LogP) is 1.10. The molecule has 4 nitrogen and oxygen atoms in total. The zero-order chi connectivity index (χ0) is 8.97. The second-order valence-corrected chi connectivity index (χ2v) is 3.15. The molecule has 0 spiro atoms. The van der Waals surface area contributed by atoms with Crippen molar-refractivity contribution in [1.82, 2.24) is 9.55 Å². The highest BCUT2D eigenvalue weighted by Gasteiger charge is 1.97. The summed E-state index contributed by atoms with van der Waals surface area (Å²) in [6.45, 7) is 5.45. The van der Waals surface area contributed by atoms with Gasteiger partial charge in [0.25, 0.3) is 0 Å². The lowest BCUT2D eigenvalue weighted by Gasteiger charge is -2.07. The first-order valence-corrected chi connectivity index (χ1v) is 4.04. The summed E-state index contributed by atoms with van der Waals surface area (Å²) in [5.74, 6) is 1.05. The normalized spacial score (nSPS) is 10.9. The van der Waals surface area contributed by atoms with Crippen LogP contribution in [0.2, 0.25) is 0 Å². The Morgan fingerprint density at radius 3 is 2.92 bits per heavy atom. The summed E-state index contributed by atoms with van der Waals surface area (Å²) in [5, 5.41) is 0. The van der Waals surface area contributed by atoms with Crippen LogP contribution in [0.25, 0.3) is 0 Å². The molecule has 0 aromatic carbocycles. The SMILES string of the molecule is CC(C)COCn1ccnc1N. The molecule has 1 heterocycles. The number of anilines is 1. The first-order valence-electron chi connectivity index (χ1n) is 4.04. The van der Waals surface area contributed by atoms with Crippen LogP contribution in [0.3, 0.4) is 0 Å². The Bertz CT molecular complexity index is 232. The summed E-state index contributed by atoms with van der Waals surface area (Å²) in [7, 11) is 0. The second-order valence-electron chi connectivity index (χ2n) is 3.15. The molecule has 0 unspecified atom stereocenters. The molecule has 0 saturated carbocycles. The van der Waals surface area contributed by atoms with E-state index in [9.17, 15) is 0 Å². The van der Waals surface area contributed by atoms with Crippen LogP contribution in [-0.2, 0) is 11.5 Å². The fourth-order valence-electron chi connectivity index (χ4n) is 0.837. The number of rotatable bonds is 4. The van der Waals surface area contributed by atoms with Gasteiger partial charge in [-0.2, -0.15) is 0 Å². The Morgan fingerprint density at radius 1 is 1.67 bits per heavy atom. The third kappa shape index (κ3) is 2.54. The van der Waals surface area contributed by atoms with Crippen LogP contribution in [0.4, 0.5) is 5.95 Å². The van der Waals surface area contributed by atoms with Crippen molar-refractivity contribution in [2.45, 2.75) is 20.6 Å². The van der Waals surface area contributed by atoms with Gasteiger partial charge in [0.15, 0.2) is 0 Å².